The van der Waals surface area contributed by atoms with Crippen LogP contribution in [0, 0.1) is 5.92 Å². The molecule has 5 nitrogen and oxygen atoms in total. The molecule has 0 spiro atoms. The van der Waals surface area contributed by atoms with Crippen molar-refractivity contribution in [3.63, 3.8) is 0 Å². The maximum Gasteiger partial charge on any atom is 0.229 e. The minimum atomic E-state index is -1.95. The first-order chi connectivity index (χ1) is 13.8. The van der Waals surface area contributed by atoms with Crippen LogP contribution in [-0.4, -0.2) is 25.2 Å². The van der Waals surface area contributed by atoms with Crippen molar-refractivity contribution in [2.24, 2.45) is 0 Å². The second kappa shape index (κ2) is 8.81. The molecule has 0 aliphatic heterocycles. The van der Waals surface area contributed by atoms with Gasteiger partial charge in [0.05, 0.1) is 5.60 Å². The third kappa shape index (κ3) is 4.63. The molecule has 2 unspecified atom stereocenters. The summed E-state index contributed by atoms with van der Waals surface area (Å²) in [7, 11) is 1.61. The first-order valence-corrected chi connectivity index (χ1v) is 11.3. The van der Waals surface area contributed by atoms with Crippen LogP contribution >= 0.6 is 0 Å². The van der Waals surface area contributed by atoms with Crippen molar-refractivity contribution in [3.05, 3.63) is 78.7 Å². The highest BCUT2D eigenvalue weighted by Crippen LogP contribution is 2.51. The molecule has 155 valence electrons. The minimum absolute atomic E-state index is 0.216. The van der Waals surface area contributed by atoms with E-state index in [1.54, 1.807) is 55.6 Å². The summed E-state index contributed by atoms with van der Waals surface area (Å²) in [4.78, 5) is 0. The molecule has 1 fully saturated rings. The predicted octanol–water partition coefficient (Wildman–Crippen LogP) is 4.52. The van der Waals surface area contributed by atoms with E-state index in [0.29, 0.717) is 11.5 Å². The van der Waals surface area contributed by atoms with Gasteiger partial charge in [-0.15, -0.1) is 0 Å². The summed E-state index contributed by atoms with van der Waals surface area (Å²) >= 11 is -3.90. The summed E-state index contributed by atoms with van der Waals surface area (Å²) in [5.74, 6) is 1.73. The van der Waals surface area contributed by atoms with Crippen molar-refractivity contribution in [3.8, 4) is 11.5 Å². The molecule has 29 heavy (non-hydrogen) atoms. The molecule has 0 aromatic heterocycles. The number of hydrogen-bond donors (Lipinski definition) is 0. The van der Waals surface area contributed by atoms with Gasteiger partial charge in [0.25, 0.3) is 0 Å². The summed E-state index contributed by atoms with van der Waals surface area (Å²) in [6.45, 7) is 7.94. The Hall–Kier alpha value is -1.96. The van der Waals surface area contributed by atoms with Gasteiger partial charge in [-0.1, -0.05) is 48.6 Å². The lowest BCUT2D eigenvalue weighted by Gasteiger charge is -2.31. The van der Waals surface area contributed by atoms with Crippen molar-refractivity contribution in [1.82, 2.24) is 0 Å². The number of para-hydroxylation sites is 2. The molecule has 0 saturated heterocycles. The van der Waals surface area contributed by atoms with Crippen LogP contribution in [0.2, 0.25) is 0 Å². The molecular formula is C22H25O5S2. The van der Waals surface area contributed by atoms with E-state index >= 15 is 0 Å². The van der Waals surface area contributed by atoms with Gasteiger partial charge in [-0.25, -0.2) is 8.42 Å². The molecule has 1 aliphatic carbocycles. The second-order valence-electron chi connectivity index (χ2n) is 7.32. The third-order valence-corrected chi connectivity index (χ3v) is 8.33. The van der Waals surface area contributed by atoms with Crippen LogP contribution in [-0.2, 0) is 26.9 Å². The van der Waals surface area contributed by atoms with Gasteiger partial charge < -0.3 is 13.1 Å². The lowest BCUT2D eigenvalue weighted by atomic mass is 9.87. The smallest absolute Gasteiger partial charge is 0.229 e. The SMILES string of the molecule is C=C1CC(S(=O)Oc2ccccc2)(S(=O)Oc2ccccc2)C[C]1C(C)(C)OC. The largest absolute Gasteiger partial charge is 0.399 e. The van der Waals surface area contributed by atoms with E-state index in [4.69, 9.17) is 13.1 Å². The zero-order valence-corrected chi connectivity index (χ0v) is 18.4. The molecule has 1 aliphatic rings. The van der Waals surface area contributed by atoms with Gasteiger partial charge in [-0.2, -0.15) is 0 Å². The highest BCUT2D eigenvalue weighted by molar-refractivity contribution is 8.00. The minimum Gasteiger partial charge on any atom is -0.399 e. The quantitative estimate of drug-likeness (QED) is 0.613. The van der Waals surface area contributed by atoms with Gasteiger partial charge >= 0.3 is 0 Å². The van der Waals surface area contributed by atoms with E-state index in [0.717, 1.165) is 11.5 Å². The van der Waals surface area contributed by atoms with E-state index in [1.807, 2.05) is 26.0 Å². The summed E-state index contributed by atoms with van der Waals surface area (Å²) in [5.41, 5.74) is 0.110. The Morgan fingerprint density at radius 1 is 0.862 bits per heavy atom. The second-order valence-corrected chi connectivity index (χ2v) is 10.4. The van der Waals surface area contributed by atoms with E-state index < -0.39 is 31.8 Å². The first-order valence-electron chi connectivity index (χ1n) is 9.18. The normalized spacial score (nSPS) is 22.2. The molecule has 2 aromatic rings. The average Bonchev–Trinajstić information content (AvgIpc) is 3.09. The molecule has 0 amide bonds. The molecule has 1 saturated carbocycles. The van der Waals surface area contributed by atoms with Crippen LogP contribution in [0.1, 0.15) is 26.7 Å². The van der Waals surface area contributed by atoms with Crippen molar-refractivity contribution < 1.29 is 21.5 Å². The Morgan fingerprint density at radius 2 is 1.31 bits per heavy atom. The maximum absolute atomic E-state index is 13.4. The van der Waals surface area contributed by atoms with Crippen molar-refractivity contribution in [1.29, 1.82) is 0 Å². The van der Waals surface area contributed by atoms with E-state index in [2.05, 4.69) is 6.58 Å². The number of ether oxygens (including phenoxy) is 1. The fourth-order valence-electron chi connectivity index (χ4n) is 3.22. The van der Waals surface area contributed by atoms with Crippen molar-refractivity contribution in [2.45, 2.75) is 36.4 Å². The average molecular weight is 434 g/mol. The Bertz CT molecular complexity index is 842. The topological polar surface area (TPSA) is 61.8 Å². The van der Waals surface area contributed by atoms with Crippen LogP contribution < -0.4 is 8.37 Å². The van der Waals surface area contributed by atoms with E-state index in [-0.39, 0.29) is 12.8 Å². The first kappa shape index (κ1) is 21.7. The van der Waals surface area contributed by atoms with Crippen LogP contribution in [0.5, 0.6) is 11.5 Å². The van der Waals surface area contributed by atoms with E-state index in [1.165, 1.54) is 0 Å². The van der Waals surface area contributed by atoms with Crippen LogP contribution in [0.15, 0.2) is 72.8 Å². The van der Waals surface area contributed by atoms with Crippen LogP contribution in [0.4, 0.5) is 0 Å². The number of rotatable bonds is 8. The summed E-state index contributed by atoms with van der Waals surface area (Å²) < 4.78 is 42.5. The van der Waals surface area contributed by atoms with Crippen LogP contribution in [0.3, 0.4) is 0 Å². The van der Waals surface area contributed by atoms with Gasteiger partial charge in [0.15, 0.2) is 4.08 Å². The summed E-state index contributed by atoms with van der Waals surface area (Å²) in [6, 6.07) is 17.7. The molecule has 0 N–H and O–H groups in total. The van der Waals surface area contributed by atoms with Gasteiger partial charge in [0, 0.05) is 19.4 Å². The van der Waals surface area contributed by atoms with Crippen molar-refractivity contribution >= 4 is 22.2 Å². The fraction of sp³-hybridized carbons (Fsp3) is 0.318. The molecule has 3 rings (SSSR count). The fourth-order valence-corrected chi connectivity index (χ4v) is 5.85. The summed E-state index contributed by atoms with van der Waals surface area (Å²) in [5, 5.41) is 0. The van der Waals surface area contributed by atoms with Gasteiger partial charge in [0.1, 0.15) is 11.5 Å². The standard InChI is InChI=1S/C22H25O5S2/c1-17-15-22(16-20(17)21(2,3)25-4,28(23)26-18-11-7-5-8-12-18)29(24)27-19-13-9-6-10-14-19/h5-14H,1,15-16H2,2-4H3. The molecule has 2 aromatic carbocycles. The molecule has 1 radical (unpaired) electrons. The predicted molar refractivity (Wildman–Crippen MR) is 116 cm³/mol. The Kier molecular flexibility index (Phi) is 6.61. The summed E-state index contributed by atoms with van der Waals surface area (Å²) in [6.07, 6.45) is 0.444. The highest BCUT2D eigenvalue weighted by Gasteiger charge is 2.58. The zero-order valence-electron chi connectivity index (χ0n) is 16.8. The molecule has 7 heteroatoms. The lowest BCUT2D eigenvalue weighted by Crippen LogP contribution is -2.42. The maximum atomic E-state index is 13.4. The highest BCUT2D eigenvalue weighted by atomic mass is 32.3. The van der Waals surface area contributed by atoms with Gasteiger partial charge in [-0.05, 0) is 44.5 Å². The Morgan fingerprint density at radius 3 is 1.72 bits per heavy atom. The molecule has 0 bridgehead atoms. The van der Waals surface area contributed by atoms with Crippen LogP contribution in [0.25, 0.3) is 0 Å². The van der Waals surface area contributed by atoms with Gasteiger partial charge in [-0.3, -0.25) is 0 Å². The monoisotopic (exact) mass is 433 g/mol. The number of hydrogen-bond acceptors (Lipinski definition) is 5. The third-order valence-electron chi connectivity index (χ3n) is 5.03. The number of methoxy groups -OCH3 is 1. The zero-order chi connectivity index (χ0) is 21.1. The Labute approximate surface area is 177 Å². The molecule has 2 atom stereocenters. The van der Waals surface area contributed by atoms with Gasteiger partial charge in [0.2, 0.25) is 22.2 Å². The lowest BCUT2D eigenvalue weighted by molar-refractivity contribution is 0.0373. The number of benzene rings is 2. The van der Waals surface area contributed by atoms with E-state index in [9.17, 15) is 8.42 Å². The van der Waals surface area contributed by atoms with Crippen molar-refractivity contribution in [2.75, 3.05) is 7.11 Å². The Balaban J connectivity index is 1.94. The molecule has 0 heterocycles. The molecular weight excluding hydrogens is 408 g/mol.